The van der Waals surface area contributed by atoms with Crippen LogP contribution in [0, 0.1) is 5.92 Å². The number of hydrogen-bond acceptors (Lipinski definition) is 6. The monoisotopic (exact) mass is 409 g/mol. The van der Waals surface area contributed by atoms with E-state index in [2.05, 4.69) is 0 Å². The number of amides is 1. The van der Waals surface area contributed by atoms with Gasteiger partial charge in [-0.2, -0.15) is 0 Å². The number of benzene rings is 1. The average Bonchev–Trinajstić information content (AvgIpc) is 2.65. The fraction of sp³-hybridized carbons (Fsp3) is 0.550. The van der Waals surface area contributed by atoms with Crippen molar-refractivity contribution in [3.63, 3.8) is 0 Å². The van der Waals surface area contributed by atoms with Crippen LogP contribution >= 0.6 is 11.8 Å². The molecule has 154 valence electrons. The van der Waals surface area contributed by atoms with E-state index in [1.165, 1.54) is 11.8 Å². The largest absolute Gasteiger partial charge is 0.490 e. The second-order valence-electron chi connectivity index (χ2n) is 6.66. The number of ether oxygens (including phenoxy) is 2. The van der Waals surface area contributed by atoms with Crippen LogP contribution in [0.15, 0.2) is 12.1 Å². The quantitative estimate of drug-likeness (QED) is 0.706. The molecule has 2 unspecified atom stereocenters. The summed E-state index contributed by atoms with van der Waals surface area (Å²) in [5, 5.41) is 9.62. The fourth-order valence-electron chi connectivity index (χ4n) is 3.18. The minimum absolute atomic E-state index is 0.0664. The minimum atomic E-state index is -1.04. The Balaban J connectivity index is 2.33. The summed E-state index contributed by atoms with van der Waals surface area (Å²) in [4.78, 5) is 37.3. The van der Waals surface area contributed by atoms with E-state index in [9.17, 15) is 19.5 Å². The lowest BCUT2D eigenvalue weighted by Crippen LogP contribution is -2.50. The van der Waals surface area contributed by atoms with Gasteiger partial charge in [0.1, 0.15) is 6.04 Å². The zero-order chi connectivity index (χ0) is 20.8. The van der Waals surface area contributed by atoms with Crippen molar-refractivity contribution in [2.75, 3.05) is 19.0 Å². The van der Waals surface area contributed by atoms with E-state index in [0.29, 0.717) is 30.5 Å². The molecule has 1 heterocycles. The molecule has 0 bridgehead atoms. The van der Waals surface area contributed by atoms with Crippen LogP contribution in [0.4, 0.5) is 0 Å². The highest BCUT2D eigenvalue weighted by atomic mass is 32.2. The van der Waals surface area contributed by atoms with E-state index < -0.39 is 17.9 Å². The standard InChI is InChI=1S/C20H27NO6S/c1-5-26-17-8-14-7-16(20(24)25)21(10-15(14)9-18(17)27-6-2)19(23)12(3)11-28-13(4)22/h8-9,12,16H,5-7,10-11H2,1-4H3,(H,24,25). The van der Waals surface area contributed by atoms with Crippen molar-refractivity contribution in [1.29, 1.82) is 0 Å². The number of rotatable bonds is 8. The Morgan fingerprint density at radius 2 is 1.75 bits per heavy atom. The number of fused-ring (bicyclic) bond motifs is 1. The Bertz CT molecular complexity index is 750. The molecule has 0 aromatic heterocycles. The van der Waals surface area contributed by atoms with Crippen LogP contribution in [0.3, 0.4) is 0 Å². The molecule has 0 aliphatic carbocycles. The average molecular weight is 410 g/mol. The summed E-state index contributed by atoms with van der Waals surface area (Å²) in [5.74, 6) is -0.262. The molecule has 0 saturated heterocycles. The van der Waals surface area contributed by atoms with E-state index in [4.69, 9.17) is 9.47 Å². The summed E-state index contributed by atoms with van der Waals surface area (Å²) in [5.41, 5.74) is 1.69. The maximum Gasteiger partial charge on any atom is 0.326 e. The summed E-state index contributed by atoms with van der Waals surface area (Å²) in [7, 11) is 0. The lowest BCUT2D eigenvalue weighted by molar-refractivity contribution is -0.152. The highest BCUT2D eigenvalue weighted by Gasteiger charge is 2.37. The first kappa shape index (κ1) is 22.1. The molecule has 1 N–H and O–H groups in total. The molecule has 2 atom stereocenters. The van der Waals surface area contributed by atoms with Crippen molar-refractivity contribution in [2.45, 2.75) is 46.7 Å². The van der Waals surface area contributed by atoms with Gasteiger partial charge in [-0.3, -0.25) is 9.59 Å². The van der Waals surface area contributed by atoms with Gasteiger partial charge in [0.15, 0.2) is 16.6 Å². The smallest absolute Gasteiger partial charge is 0.326 e. The summed E-state index contributed by atoms with van der Waals surface area (Å²) in [6, 6.07) is 2.70. The zero-order valence-corrected chi connectivity index (χ0v) is 17.5. The number of hydrogen-bond donors (Lipinski definition) is 1. The summed E-state index contributed by atoms with van der Waals surface area (Å²) in [6.07, 6.45) is 0.204. The van der Waals surface area contributed by atoms with Gasteiger partial charge in [0.25, 0.3) is 0 Å². The van der Waals surface area contributed by atoms with Gasteiger partial charge in [-0.05, 0) is 37.1 Å². The molecule has 1 aromatic carbocycles. The van der Waals surface area contributed by atoms with Crippen LogP contribution in [0.25, 0.3) is 0 Å². The second-order valence-corrected chi connectivity index (χ2v) is 7.86. The maximum atomic E-state index is 12.9. The minimum Gasteiger partial charge on any atom is -0.490 e. The SMILES string of the molecule is CCOc1cc2c(cc1OCC)CN(C(=O)C(C)CSC(C)=O)C(C(=O)O)C2. The molecule has 1 aliphatic rings. The topological polar surface area (TPSA) is 93.1 Å². The van der Waals surface area contributed by atoms with Crippen LogP contribution in [-0.2, 0) is 27.3 Å². The molecule has 0 saturated carbocycles. The van der Waals surface area contributed by atoms with Gasteiger partial charge in [-0.15, -0.1) is 0 Å². The van der Waals surface area contributed by atoms with Crippen LogP contribution < -0.4 is 9.47 Å². The van der Waals surface area contributed by atoms with Crippen LogP contribution in [0.2, 0.25) is 0 Å². The molecule has 0 spiro atoms. The molecule has 1 amide bonds. The van der Waals surface area contributed by atoms with Gasteiger partial charge in [0.2, 0.25) is 5.91 Å². The molecule has 0 fully saturated rings. The van der Waals surface area contributed by atoms with Crippen molar-refractivity contribution in [3.8, 4) is 11.5 Å². The molecule has 1 aliphatic heterocycles. The van der Waals surface area contributed by atoms with Gasteiger partial charge < -0.3 is 19.5 Å². The van der Waals surface area contributed by atoms with Gasteiger partial charge in [0, 0.05) is 31.6 Å². The van der Waals surface area contributed by atoms with Crippen LogP contribution in [-0.4, -0.2) is 52.0 Å². The normalized spacial score (nSPS) is 16.9. The van der Waals surface area contributed by atoms with E-state index in [1.54, 1.807) is 6.92 Å². The van der Waals surface area contributed by atoms with Crippen molar-refractivity contribution in [3.05, 3.63) is 23.3 Å². The zero-order valence-electron chi connectivity index (χ0n) is 16.7. The van der Waals surface area contributed by atoms with Crippen molar-refractivity contribution >= 4 is 28.8 Å². The van der Waals surface area contributed by atoms with Crippen molar-refractivity contribution in [2.24, 2.45) is 5.92 Å². The van der Waals surface area contributed by atoms with Crippen molar-refractivity contribution in [1.82, 2.24) is 4.90 Å². The van der Waals surface area contributed by atoms with Crippen molar-refractivity contribution < 1.29 is 29.0 Å². The lowest BCUT2D eigenvalue weighted by Gasteiger charge is -2.36. The Hall–Kier alpha value is -2.22. The first-order valence-electron chi connectivity index (χ1n) is 9.36. The fourth-order valence-corrected chi connectivity index (χ4v) is 3.81. The van der Waals surface area contributed by atoms with Gasteiger partial charge >= 0.3 is 5.97 Å². The summed E-state index contributed by atoms with van der Waals surface area (Å²) < 4.78 is 11.3. The third kappa shape index (κ3) is 5.19. The Morgan fingerprint density at radius 1 is 1.18 bits per heavy atom. The number of carbonyl (C=O) groups is 3. The number of carbonyl (C=O) groups excluding carboxylic acids is 2. The highest BCUT2D eigenvalue weighted by molar-refractivity contribution is 8.13. The van der Waals surface area contributed by atoms with Gasteiger partial charge in [0.05, 0.1) is 13.2 Å². The number of nitrogens with zero attached hydrogens (tertiary/aromatic N) is 1. The lowest BCUT2D eigenvalue weighted by atomic mass is 9.92. The van der Waals surface area contributed by atoms with E-state index in [1.807, 2.05) is 26.0 Å². The first-order chi connectivity index (χ1) is 13.3. The maximum absolute atomic E-state index is 12.9. The van der Waals surface area contributed by atoms with Gasteiger partial charge in [-0.1, -0.05) is 18.7 Å². The molecule has 2 rings (SSSR count). The summed E-state index contributed by atoms with van der Waals surface area (Å²) >= 11 is 1.07. The van der Waals surface area contributed by atoms with E-state index >= 15 is 0 Å². The van der Waals surface area contributed by atoms with E-state index in [0.717, 1.165) is 22.9 Å². The molecule has 1 aromatic rings. The summed E-state index contributed by atoms with van der Waals surface area (Å²) in [6.45, 7) is 8.04. The predicted molar refractivity (Wildman–Crippen MR) is 107 cm³/mol. The first-order valence-corrected chi connectivity index (χ1v) is 10.3. The Labute approximate surface area is 169 Å². The van der Waals surface area contributed by atoms with Gasteiger partial charge in [-0.25, -0.2) is 4.79 Å². The third-order valence-corrected chi connectivity index (χ3v) is 5.60. The van der Waals surface area contributed by atoms with Crippen LogP contribution in [0.1, 0.15) is 38.8 Å². The third-order valence-electron chi connectivity index (χ3n) is 4.52. The molecule has 28 heavy (non-hydrogen) atoms. The Morgan fingerprint density at radius 3 is 2.25 bits per heavy atom. The molecular formula is C20H27NO6S. The Kier molecular flexibility index (Phi) is 7.74. The predicted octanol–water partition coefficient (Wildman–Crippen LogP) is 2.74. The van der Waals surface area contributed by atoms with Crippen LogP contribution in [0.5, 0.6) is 11.5 Å². The highest BCUT2D eigenvalue weighted by Crippen LogP contribution is 2.36. The number of carboxylic acids is 1. The molecule has 7 nitrogen and oxygen atoms in total. The molecule has 0 radical (unpaired) electrons. The molecule has 8 heteroatoms. The number of aliphatic carboxylic acids is 1. The number of carboxylic acid groups (broad SMARTS) is 1. The number of thioether (sulfide) groups is 1. The van der Waals surface area contributed by atoms with E-state index in [-0.39, 0.29) is 24.0 Å². The molecular weight excluding hydrogens is 382 g/mol. The second kappa shape index (κ2) is 9.82.